The van der Waals surface area contributed by atoms with Gasteiger partial charge < -0.3 is 5.73 Å². The van der Waals surface area contributed by atoms with E-state index in [1.807, 2.05) is 42.5 Å². The minimum Gasteiger partial charge on any atom is -0.328 e. The zero-order valence-electron chi connectivity index (χ0n) is 10.8. The van der Waals surface area contributed by atoms with Crippen LogP contribution in [0.2, 0.25) is 0 Å². The summed E-state index contributed by atoms with van der Waals surface area (Å²) in [6.07, 6.45) is 3.46. The van der Waals surface area contributed by atoms with E-state index in [9.17, 15) is 0 Å². The summed E-state index contributed by atoms with van der Waals surface area (Å²) in [5.41, 5.74) is 7.78. The highest BCUT2D eigenvalue weighted by molar-refractivity contribution is 5.53. The summed E-state index contributed by atoms with van der Waals surface area (Å²) in [6, 6.07) is 13.4. The van der Waals surface area contributed by atoms with Gasteiger partial charge in [-0.25, -0.2) is 0 Å². The molecule has 3 aromatic rings. The molecule has 0 spiro atoms. The van der Waals surface area contributed by atoms with Gasteiger partial charge in [-0.1, -0.05) is 30.3 Å². The second kappa shape index (κ2) is 5.58. The van der Waals surface area contributed by atoms with E-state index in [-0.39, 0.29) is 6.04 Å². The predicted octanol–water partition coefficient (Wildman–Crippen LogP) is 1.28. The number of pyridine rings is 1. The number of rotatable bonds is 4. The lowest BCUT2D eigenvalue weighted by atomic mass is 10.1. The van der Waals surface area contributed by atoms with Gasteiger partial charge >= 0.3 is 0 Å². The van der Waals surface area contributed by atoms with Crippen molar-refractivity contribution in [3.05, 3.63) is 60.4 Å². The number of benzene rings is 1. The maximum atomic E-state index is 5.84. The molecule has 0 saturated carbocycles. The van der Waals surface area contributed by atoms with Crippen LogP contribution in [0.3, 0.4) is 0 Å². The topological polar surface area (TPSA) is 82.5 Å². The van der Waals surface area contributed by atoms with Crippen LogP contribution in [0.5, 0.6) is 0 Å². The number of aromatic nitrogens is 5. The van der Waals surface area contributed by atoms with Gasteiger partial charge in [0.2, 0.25) is 5.82 Å². The van der Waals surface area contributed by atoms with Crippen molar-refractivity contribution in [2.24, 2.45) is 5.73 Å². The Balaban J connectivity index is 1.93. The van der Waals surface area contributed by atoms with E-state index in [1.54, 1.807) is 17.2 Å². The Morgan fingerprint density at radius 1 is 1.05 bits per heavy atom. The van der Waals surface area contributed by atoms with Gasteiger partial charge in [0.1, 0.15) is 6.04 Å². The predicted molar refractivity (Wildman–Crippen MR) is 74.7 cm³/mol. The molecule has 0 fully saturated rings. The van der Waals surface area contributed by atoms with Crippen LogP contribution >= 0.6 is 0 Å². The normalized spacial score (nSPS) is 12.2. The zero-order chi connectivity index (χ0) is 13.8. The molecule has 0 aliphatic heterocycles. The molecule has 1 unspecified atom stereocenters. The molecule has 2 heterocycles. The largest absolute Gasteiger partial charge is 0.328 e. The van der Waals surface area contributed by atoms with Crippen molar-refractivity contribution in [3.8, 4) is 11.4 Å². The van der Waals surface area contributed by atoms with Crippen molar-refractivity contribution >= 4 is 0 Å². The van der Waals surface area contributed by atoms with Crippen molar-refractivity contribution in [2.75, 3.05) is 6.54 Å². The van der Waals surface area contributed by atoms with E-state index in [4.69, 9.17) is 5.73 Å². The molecule has 0 amide bonds. The molecule has 6 heteroatoms. The molecular weight excluding hydrogens is 252 g/mol. The van der Waals surface area contributed by atoms with Gasteiger partial charge in [0.25, 0.3) is 0 Å². The summed E-state index contributed by atoms with van der Waals surface area (Å²) in [5.74, 6) is 0.595. The third-order valence-corrected chi connectivity index (χ3v) is 3.05. The molecule has 2 N–H and O–H groups in total. The highest BCUT2D eigenvalue weighted by Crippen LogP contribution is 2.17. The first-order chi connectivity index (χ1) is 9.88. The maximum absolute atomic E-state index is 5.84. The Bertz CT molecular complexity index is 664. The fraction of sp³-hybridized carbons (Fsp3) is 0.143. The van der Waals surface area contributed by atoms with E-state index in [2.05, 4.69) is 20.4 Å². The number of nitrogens with two attached hydrogens (primary N) is 1. The molecule has 1 atom stereocenters. The van der Waals surface area contributed by atoms with E-state index in [0.29, 0.717) is 12.4 Å². The van der Waals surface area contributed by atoms with Crippen LogP contribution in [0.1, 0.15) is 11.6 Å². The van der Waals surface area contributed by atoms with Crippen LogP contribution < -0.4 is 5.73 Å². The van der Waals surface area contributed by atoms with Crippen LogP contribution in [0.25, 0.3) is 11.4 Å². The average molecular weight is 266 g/mol. The van der Waals surface area contributed by atoms with Crippen molar-refractivity contribution in [1.29, 1.82) is 0 Å². The van der Waals surface area contributed by atoms with Gasteiger partial charge in [-0.2, -0.15) is 4.80 Å². The zero-order valence-corrected chi connectivity index (χ0v) is 10.8. The summed E-state index contributed by atoms with van der Waals surface area (Å²) in [7, 11) is 0. The first-order valence-electron chi connectivity index (χ1n) is 6.33. The third-order valence-electron chi connectivity index (χ3n) is 3.05. The van der Waals surface area contributed by atoms with Crippen LogP contribution in [0.4, 0.5) is 0 Å². The Morgan fingerprint density at radius 2 is 1.80 bits per heavy atom. The summed E-state index contributed by atoms with van der Waals surface area (Å²) in [5, 5.41) is 12.6. The van der Waals surface area contributed by atoms with Crippen LogP contribution in [-0.4, -0.2) is 31.7 Å². The van der Waals surface area contributed by atoms with E-state index in [1.165, 1.54) is 0 Å². The number of hydrogen-bond donors (Lipinski definition) is 1. The molecule has 0 aliphatic rings. The summed E-state index contributed by atoms with van der Waals surface area (Å²) >= 11 is 0. The van der Waals surface area contributed by atoms with Crippen molar-refractivity contribution in [1.82, 2.24) is 25.2 Å². The van der Waals surface area contributed by atoms with Crippen LogP contribution in [0.15, 0.2) is 54.9 Å². The highest BCUT2D eigenvalue weighted by atomic mass is 15.6. The van der Waals surface area contributed by atoms with Crippen LogP contribution in [0, 0.1) is 0 Å². The second-order valence-electron chi connectivity index (χ2n) is 4.33. The van der Waals surface area contributed by atoms with E-state index in [0.717, 1.165) is 11.1 Å². The molecule has 6 nitrogen and oxygen atoms in total. The average Bonchev–Trinajstić information content (AvgIpc) is 3.00. The number of hydrogen-bond acceptors (Lipinski definition) is 5. The summed E-state index contributed by atoms with van der Waals surface area (Å²) in [4.78, 5) is 5.56. The smallest absolute Gasteiger partial charge is 0.204 e. The SMILES string of the molecule is NCC(c1ccncc1)n1nnc(-c2ccccc2)n1. The Kier molecular flexibility index (Phi) is 3.47. The molecular formula is C14H14N6. The minimum atomic E-state index is -0.136. The quantitative estimate of drug-likeness (QED) is 0.769. The second-order valence-corrected chi connectivity index (χ2v) is 4.33. The fourth-order valence-corrected chi connectivity index (χ4v) is 2.01. The Labute approximate surface area is 116 Å². The van der Waals surface area contributed by atoms with Gasteiger partial charge in [-0.05, 0) is 22.9 Å². The standard InChI is InChI=1S/C14H14N6/c15-10-13(11-6-8-16-9-7-11)20-18-14(17-19-20)12-4-2-1-3-5-12/h1-9,13H,10,15H2. The molecule has 1 aromatic carbocycles. The van der Waals surface area contributed by atoms with Gasteiger partial charge in [-0.3, -0.25) is 4.98 Å². The first-order valence-corrected chi connectivity index (χ1v) is 6.33. The lowest BCUT2D eigenvalue weighted by Crippen LogP contribution is -2.22. The lowest BCUT2D eigenvalue weighted by Gasteiger charge is -2.12. The Morgan fingerprint density at radius 3 is 2.50 bits per heavy atom. The monoisotopic (exact) mass is 266 g/mol. The van der Waals surface area contributed by atoms with Gasteiger partial charge in [0, 0.05) is 24.5 Å². The maximum Gasteiger partial charge on any atom is 0.204 e. The number of tetrazole rings is 1. The van der Waals surface area contributed by atoms with Gasteiger partial charge in [0.15, 0.2) is 0 Å². The molecule has 100 valence electrons. The molecule has 0 radical (unpaired) electrons. The van der Waals surface area contributed by atoms with Crippen LogP contribution in [-0.2, 0) is 0 Å². The van der Waals surface area contributed by atoms with E-state index >= 15 is 0 Å². The third kappa shape index (κ3) is 2.41. The number of nitrogens with zero attached hydrogens (tertiary/aromatic N) is 5. The van der Waals surface area contributed by atoms with Gasteiger partial charge in [0.05, 0.1) is 0 Å². The molecule has 2 aromatic heterocycles. The summed E-state index contributed by atoms with van der Waals surface area (Å²) in [6.45, 7) is 0.397. The Hall–Kier alpha value is -2.60. The van der Waals surface area contributed by atoms with E-state index < -0.39 is 0 Å². The van der Waals surface area contributed by atoms with Crippen molar-refractivity contribution < 1.29 is 0 Å². The van der Waals surface area contributed by atoms with Crippen molar-refractivity contribution in [3.63, 3.8) is 0 Å². The van der Waals surface area contributed by atoms with Gasteiger partial charge in [-0.15, -0.1) is 10.2 Å². The minimum absolute atomic E-state index is 0.136. The first kappa shape index (κ1) is 12.4. The molecule has 0 bridgehead atoms. The lowest BCUT2D eigenvalue weighted by molar-refractivity contribution is 0.458. The molecule has 0 saturated heterocycles. The molecule has 20 heavy (non-hydrogen) atoms. The van der Waals surface area contributed by atoms with Crippen molar-refractivity contribution in [2.45, 2.75) is 6.04 Å². The molecule has 3 rings (SSSR count). The highest BCUT2D eigenvalue weighted by Gasteiger charge is 2.16. The molecule has 0 aliphatic carbocycles. The fourth-order valence-electron chi connectivity index (χ4n) is 2.01. The summed E-state index contributed by atoms with van der Waals surface area (Å²) < 4.78 is 0.